The van der Waals surface area contributed by atoms with Gasteiger partial charge in [-0.05, 0) is 42.3 Å². The Balaban J connectivity index is 2.18. The summed E-state index contributed by atoms with van der Waals surface area (Å²) in [7, 11) is 1.28. The molecule has 144 valence electrons. The van der Waals surface area contributed by atoms with E-state index in [1.807, 2.05) is 0 Å². The molecule has 0 bridgehead atoms. The van der Waals surface area contributed by atoms with E-state index in [9.17, 15) is 18.0 Å². The number of hydrogen-bond donors (Lipinski definition) is 0. The van der Waals surface area contributed by atoms with Crippen LogP contribution in [0, 0.1) is 0 Å². The molecule has 0 aromatic heterocycles. The van der Waals surface area contributed by atoms with E-state index in [1.165, 1.54) is 19.2 Å². The van der Waals surface area contributed by atoms with Gasteiger partial charge in [0.15, 0.2) is 0 Å². The molecule has 0 N–H and O–H groups in total. The number of esters is 1. The van der Waals surface area contributed by atoms with Gasteiger partial charge in [0.2, 0.25) is 0 Å². The normalized spacial score (nSPS) is 12.0. The van der Waals surface area contributed by atoms with E-state index in [1.54, 1.807) is 31.2 Å². The monoisotopic (exact) mass is 399 g/mol. The van der Waals surface area contributed by atoms with Gasteiger partial charge in [-0.15, -0.1) is 0 Å². The first-order chi connectivity index (χ1) is 12.8. The van der Waals surface area contributed by atoms with E-state index in [-0.39, 0.29) is 29.3 Å². The van der Waals surface area contributed by atoms with E-state index in [0.717, 1.165) is 6.07 Å². The lowest BCUT2D eigenvalue weighted by Gasteiger charge is -2.14. The molecule has 0 aliphatic rings. The van der Waals surface area contributed by atoms with Crippen LogP contribution in [0.3, 0.4) is 0 Å². The van der Waals surface area contributed by atoms with Gasteiger partial charge in [0.05, 0.1) is 23.9 Å². The fourth-order valence-corrected chi connectivity index (χ4v) is 2.52. The van der Waals surface area contributed by atoms with Gasteiger partial charge < -0.3 is 9.57 Å². The molecule has 2 aromatic rings. The molecule has 0 unspecified atom stereocenters. The molecule has 0 heterocycles. The molecule has 0 fully saturated rings. The van der Waals surface area contributed by atoms with Crippen molar-refractivity contribution >= 4 is 23.3 Å². The molecular formula is C19H17ClF3NO3. The van der Waals surface area contributed by atoms with Crippen LogP contribution in [-0.4, -0.2) is 18.8 Å². The molecule has 0 spiro atoms. The van der Waals surface area contributed by atoms with Gasteiger partial charge in [0.25, 0.3) is 0 Å². The summed E-state index contributed by atoms with van der Waals surface area (Å²) in [6, 6.07) is 9.75. The van der Waals surface area contributed by atoms with E-state index >= 15 is 0 Å². The van der Waals surface area contributed by atoms with Crippen molar-refractivity contribution in [2.75, 3.05) is 7.11 Å². The van der Waals surface area contributed by atoms with Crippen molar-refractivity contribution in [3.8, 4) is 0 Å². The van der Waals surface area contributed by atoms with Gasteiger partial charge in [0.1, 0.15) is 6.61 Å². The average Bonchev–Trinajstić information content (AvgIpc) is 2.64. The van der Waals surface area contributed by atoms with Gasteiger partial charge in [0, 0.05) is 10.6 Å². The molecule has 27 heavy (non-hydrogen) atoms. The summed E-state index contributed by atoms with van der Waals surface area (Å²) in [5, 5.41) is 4.04. The lowest BCUT2D eigenvalue weighted by molar-refractivity contribution is -0.137. The SMILES string of the molecule is CCC(=NOCc1ccc(C(=O)OC)cc1)c1cc(Cl)ccc1C(F)(F)F. The topological polar surface area (TPSA) is 47.9 Å². The second-order valence-corrected chi connectivity index (χ2v) is 5.98. The number of halogens is 4. The molecule has 2 rings (SSSR count). The van der Waals surface area contributed by atoms with Crippen molar-refractivity contribution in [3.05, 3.63) is 69.7 Å². The molecular weight excluding hydrogens is 383 g/mol. The summed E-state index contributed by atoms with van der Waals surface area (Å²) in [6.07, 6.45) is -4.30. The van der Waals surface area contributed by atoms with E-state index in [0.29, 0.717) is 11.1 Å². The number of carbonyl (C=O) groups excluding carboxylic acids is 1. The van der Waals surface area contributed by atoms with Crippen molar-refractivity contribution in [2.24, 2.45) is 5.16 Å². The first-order valence-electron chi connectivity index (χ1n) is 7.99. The number of benzene rings is 2. The molecule has 0 aliphatic heterocycles. The Kier molecular flexibility index (Phi) is 6.85. The number of ether oxygens (including phenoxy) is 1. The molecule has 4 nitrogen and oxygen atoms in total. The minimum absolute atomic E-state index is 0.0346. The summed E-state index contributed by atoms with van der Waals surface area (Å²) < 4.78 is 44.3. The number of rotatable bonds is 6. The zero-order valence-electron chi connectivity index (χ0n) is 14.6. The lowest BCUT2D eigenvalue weighted by atomic mass is 10.0. The maximum atomic E-state index is 13.2. The summed E-state index contributed by atoms with van der Waals surface area (Å²) in [5.74, 6) is -0.464. The molecule has 0 aliphatic carbocycles. The molecule has 0 saturated heterocycles. The van der Waals surface area contributed by atoms with Crippen LogP contribution in [0.4, 0.5) is 13.2 Å². The second kappa shape index (κ2) is 8.90. The minimum atomic E-state index is -4.53. The van der Waals surface area contributed by atoms with Crippen LogP contribution in [0.2, 0.25) is 5.02 Å². The maximum Gasteiger partial charge on any atom is 0.417 e. The van der Waals surface area contributed by atoms with E-state index in [2.05, 4.69) is 9.89 Å². The fraction of sp³-hybridized carbons (Fsp3) is 0.263. The Labute approximate surface area is 159 Å². The van der Waals surface area contributed by atoms with Crippen LogP contribution < -0.4 is 0 Å². The van der Waals surface area contributed by atoms with E-state index < -0.39 is 17.7 Å². The van der Waals surface area contributed by atoms with Gasteiger partial charge in [-0.1, -0.05) is 35.8 Å². The number of alkyl halides is 3. The number of nitrogens with zero attached hydrogens (tertiary/aromatic N) is 1. The Morgan fingerprint density at radius 2 is 1.81 bits per heavy atom. The van der Waals surface area contributed by atoms with Crippen LogP contribution in [0.5, 0.6) is 0 Å². The standard InChI is InChI=1S/C19H17ClF3NO3/c1-3-17(15-10-14(20)8-9-16(15)19(21,22)23)24-27-11-12-4-6-13(7-5-12)18(25)26-2/h4-10H,3,11H2,1-2H3. The van der Waals surface area contributed by atoms with Gasteiger partial charge >= 0.3 is 12.1 Å². The highest BCUT2D eigenvalue weighted by Crippen LogP contribution is 2.34. The zero-order valence-corrected chi connectivity index (χ0v) is 15.4. The maximum absolute atomic E-state index is 13.2. The molecule has 0 saturated carbocycles. The van der Waals surface area contributed by atoms with Crippen LogP contribution in [0.1, 0.15) is 40.4 Å². The smallest absolute Gasteiger partial charge is 0.417 e. The number of hydrogen-bond acceptors (Lipinski definition) is 4. The first-order valence-corrected chi connectivity index (χ1v) is 8.37. The quantitative estimate of drug-likeness (QED) is 0.367. The van der Waals surface area contributed by atoms with Crippen molar-refractivity contribution < 1.29 is 27.5 Å². The van der Waals surface area contributed by atoms with Crippen molar-refractivity contribution in [3.63, 3.8) is 0 Å². The Bertz CT molecular complexity index is 833. The lowest BCUT2D eigenvalue weighted by Crippen LogP contribution is -2.13. The van der Waals surface area contributed by atoms with Crippen molar-refractivity contribution in [1.82, 2.24) is 0 Å². The molecule has 0 radical (unpaired) electrons. The van der Waals surface area contributed by atoms with Crippen LogP contribution in [-0.2, 0) is 22.4 Å². The summed E-state index contributed by atoms with van der Waals surface area (Å²) in [6.45, 7) is 1.71. The third kappa shape index (κ3) is 5.47. The summed E-state index contributed by atoms with van der Waals surface area (Å²) in [4.78, 5) is 16.6. The van der Waals surface area contributed by atoms with Crippen molar-refractivity contribution in [2.45, 2.75) is 26.1 Å². The Morgan fingerprint density at radius 1 is 1.15 bits per heavy atom. The highest BCUT2D eigenvalue weighted by Gasteiger charge is 2.34. The first kappa shape index (κ1) is 20.8. The molecule has 2 aromatic carbocycles. The predicted octanol–water partition coefficient (Wildman–Crippen LogP) is 5.48. The van der Waals surface area contributed by atoms with Crippen molar-refractivity contribution in [1.29, 1.82) is 0 Å². The Morgan fingerprint density at radius 3 is 2.37 bits per heavy atom. The third-order valence-corrected chi connectivity index (χ3v) is 3.95. The van der Waals surface area contributed by atoms with E-state index in [4.69, 9.17) is 16.4 Å². The largest absolute Gasteiger partial charge is 0.465 e. The molecule has 0 amide bonds. The van der Waals surface area contributed by atoms with Crippen LogP contribution >= 0.6 is 11.6 Å². The number of oxime groups is 1. The average molecular weight is 400 g/mol. The van der Waals surface area contributed by atoms with Crippen LogP contribution in [0.25, 0.3) is 0 Å². The minimum Gasteiger partial charge on any atom is -0.465 e. The highest BCUT2D eigenvalue weighted by molar-refractivity contribution is 6.31. The highest BCUT2D eigenvalue weighted by atomic mass is 35.5. The zero-order chi connectivity index (χ0) is 20.0. The third-order valence-electron chi connectivity index (χ3n) is 3.71. The van der Waals surface area contributed by atoms with Gasteiger partial charge in [-0.3, -0.25) is 0 Å². The summed E-state index contributed by atoms with van der Waals surface area (Å²) >= 11 is 5.85. The predicted molar refractivity (Wildman–Crippen MR) is 95.9 cm³/mol. The number of carbonyl (C=O) groups is 1. The second-order valence-electron chi connectivity index (χ2n) is 5.54. The van der Waals surface area contributed by atoms with Gasteiger partial charge in [-0.2, -0.15) is 13.2 Å². The summed E-state index contributed by atoms with van der Waals surface area (Å²) in [5.41, 5.74) is 0.282. The fourth-order valence-electron chi connectivity index (χ4n) is 2.35. The molecule has 0 atom stereocenters. The number of methoxy groups -OCH3 is 1. The van der Waals surface area contributed by atoms with Gasteiger partial charge in [-0.25, -0.2) is 4.79 Å². The Hall–Kier alpha value is -2.54. The van der Waals surface area contributed by atoms with Crippen LogP contribution in [0.15, 0.2) is 47.6 Å². The molecule has 8 heteroatoms.